The number of H-pyrrole nitrogens is 1. The minimum Gasteiger partial charge on any atom is -0.409 e. The van der Waals surface area contributed by atoms with E-state index in [0.29, 0.717) is 11.4 Å². The smallest absolute Gasteiger partial charge is 0.246 e. The van der Waals surface area contributed by atoms with Gasteiger partial charge in [0.2, 0.25) is 10.0 Å². The number of aryl methyl sites for hydroxylation is 2. The maximum Gasteiger partial charge on any atom is 0.246 e. The van der Waals surface area contributed by atoms with Crippen molar-refractivity contribution in [3.05, 3.63) is 11.4 Å². The normalized spacial score (nSPS) is 13.3. The van der Waals surface area contributed by atoms with E-state index in [1.54, 1.807) is 13.8 Å². The maximum atomic E-state index is 12.2. The summed E-state index contributed by atoms with van der Waals surface area (Å²) < 4.78 is 25.3. The van der Waals surface area contributed by atoms with Crippen LogP contribution in [0.4, 0.5) is 0 Å². The molecule has 17 heavy (non-hydrogen) atoms. The van der Waals surface area contributed by atoms with Crippen LogP contribution in [-0.2, 0) is 10.0 Å². The summed E-state index contributed by atoms with van der Waals surface area (Å²) in [6.07, 6.45) is 0. The van der Waals surface area contributed by atoms with Crippen LogP contribution in [0.1, 0.15) is 11.4 Å². The van der Waals surface area contributed by atoms with Crippen molar-refractivity contribution in [1.29, 1.82) is 0 Å². The first-order chi connectivity index (χ1) is 7.80. The van der Waals surface area contributed by atoms with Crippen LogP contribution < -0.4 is 5.73 Å². The third-order valence-electron chi connectivity index (χ3n) is 2.24. The SMILES string of the molecule is Cc1n[nH]c(C)c1S(=O)(=O)N(C)CC(N)=NO. The predicted octanol–water partition coefficient (Wildman–Crippen LogP) is -0.607. The molecule has 0 saturated heterocycles. The van der Waals surface area contributed by atoms with E-state index in [0.717, 1.165) is 4.31 Å². The second kappa shape index (κ2) is 4.72. The van der Waals surface area contributed by atoms with Crippen LogP contribution in [0.2, 0.25) is 0 Å². The van der Waals surface area contributed by atoms with Gasteiger partial charge in [-0.3, -0.25) is 5.10 Å². The average molecular weight is 261 g/mol. The fourth-order valence-electron chi connectivity index (χ4n) is 1.42. The van der Waals surface area contributed by atoms with Crippen molar-refractivity contribution in [2.45, 2.75) is 18.7 Å². The van der Waals surface area contributed by atoms with E-state index in [1.807, 2.05) is 0 Å². The maximum absolute atomic E-state index is 12.2. The van der Waals surface area contributed by atoms with Crippen LogP contribution in [0.3, 0.4) is 0 Å². The quantitative estimate of drug-likeness (QED) is 0.289. The molecule has 0 spiro atoms. The molecule has 0 aromatic carbocycles. The molecule has 1 aromatic rings. The van der Waals surface area contributed by atoms with E-state index in [9.17, 15) is 8.42 Å². The highest BCUT2D eigenvalue weighted by Gasteiger charge is 2.27. The van der Waals surface area contributed by atoms with Crippen molar-refractivity contribution < 1.29 is 13.6 Å². The van der Waals surface area contributed by atoms with Crippen molar-refractivity contribution in [2.75, 3.05) is 13.6 Å². The Bertz CT molecular complexity index is 514. The Labute approximate surface area is 99.2 Å². The van der Waals surface area contributed by atoms with E-state index < -0.39 is 10.0 Å². The topological polar surface area (TPSA) is 125 Å². The molecule has 8 nitrogen and oxygen atoms in total. The number of likely N-dealkylation sites (N-methyl/N-ethyl adjacent to an activating group) is 1. The molecule has 0 atom stereocenters. The van der Waals surface area contributed by atoms with Crippen LogP contribution in [0.5, 0.6) is 0 Å². The number of nitrogens with one attached hydrogen (secondary N) is 1. The van der Waals surface area contributed by atoms with E-state index in [1.165, 1.54) is 7.05 Å². The van der Waals surface area contributed by atoms with Crippen LogP contribution in [0.25, 0.3) is 0 Å². The van der Waals surface area contributed by atoms with Gasteiger partial charge in [0.1, 0.15) is 4.90 Å². The highest BCUT2D eigenvalue weighted by molar-refractivity contribution is 7.89. The first kappa shape index (κ1) is 13.5. The van der Waals surface area contributed by atoms with Gasteiger partial charge in [-0.15, -0.1) is 0 Å². The molecule has 0 aliphatic heterocycles. The molecule has 0 aliphatic carbocycles. The molecular formula is C8H15N5O3S. The third kappa shape index (κ3) is 2.56. The molecule has 96 valence electrons. The Morgan fingerprint density at radius 3 is 2.59 bits per heavy atom. The van der Waals surface area contributed by atoms with Gasteiger partial charge in [0, 0.05) is 7.05 Å². The second-order valence-electron chi connectivity index (χ2n) is 3.62. The number of nitrogens with two attached hydrogens (primary N) is 1. The zero-order valence-electron chi connectivity index (χ0n) is 9.80. The van der Waals surface area contributed by atoms with E-state index in [2.05, 4.69) is 15.4 Å². The Kier molecular flexibility index (Phi) is 3.73. The summed E-state index contributed by atoms with van der Waals surface area (Å²) in [5.74, 6) is -0.185. The molecule has 0 unspecified atom stereocenters. The molecule has 0 aliphatic rings. The largest absolute Gasteiger partial charge is 0.409 e. The second-order valence-corrected chi connectivity index (χ2v) is 5.60. The molecule has 4 N–H and O–H groups in total. The van der Waals surface area contributed by atoms with Crippen molar-refractivity contribution in [1.82, 2.24) is 14.5 Å². The number of hydrogen-bond acceptors (Lipinski definition) is 5. The number of amidine groups is 1. The lowest BCUT2D eigenvalue weighted by Gasteiger charge is -2.16. The third-order valence-corrected chi connectivity index (χ3v) is 4.31. The summed E-state index contributed by atoms with van der Waals surface area (Å²) >= 11 is 0. The van der Waals surface area contributed by atoms with Crippen LogP contribution in [0.15, 0.2) is 10.1 Å². The summed E-state index contributed by atoms with van der Waals surface area (Å²) in [7, 11) is -2.35. The lowest BCUT2D eigenvalue weighted by molar-refractivity contribution is 0.315. The molecule has 0 fully saturated rings. The first-order valence-corrected chi connectivity index (χ1v) is 6.19. The van der Waals surface area contributed by atoms with Crippen LogP contribution in [0, 0.1) is 13.8 Å². The zero-order valence-corrected chi connectivity index (χ0v) is 10.6. The van der Waals surface area contributed by atoms with Crippen molar-refractivity contribution in [3.8, 4) is 0 Å². The number of hydrogen-bond donors (Lipinski definition) is 3. The van der Waals surface area contributed by atoms with Gasteiger partial charge in [-0.05, 0) is 13.8 Å². The van der Waals surface area contributed by atoms with Crippen LogP contribution >= 0.6 is 0 Å². The molecule has 1 rings (SSSR count). The molecule has 1 heterocycles. The molecular weight excluding hydrogens is 246 g/mol. The van der Waals surface area contributed by atoms with Gasteiger partial charge in [-0.1, -0.05) is 5.16 Å². The Morgan fingerprint density at radius 1 is 1.59 bits per heavy atom. The van der Waals surface area contributed by atoms with Gasteiger partial charge in [0.25, 0.3) is 0 Å². The highest BCUT2D eigenvalue weighted by atomic mass is 32.2. The van der Waals surface area contributed by atoms with Gasteiger partial charge >= 0.3 is 0 Å². The lowest BCUT2D eigenvalue weighted by Crippen LogP contribution is -2.36. The summed E-state index contributed by atoms with van der Waals surface area (Å²) in [5, 5.41) is 17.6. The minimum absolute atomic E-state index is 0.116. The van der Waals surface area contributed by atoms with Gasteiger partial charge in [-0.25, -0.2) is 8.42 Å². The number of oxime groups is 1. The fraction of sp³-hybridized carbons (Fsp3) is 0.500. The molecule has 0 bridgehead atoms. The summed E-state index contributed by atoms with van der Waals surface area (Å²) in [6.45, 7) is 3.01. The number of aromatic amines is 1. The predicted molar refractivity (Wildman–Crippen MR) is 61.3 cm³/mol. The van der Waals surface area contributed by atoms with E-state index in [4.69, 9.17) is 10.9 Å². The van der Waals surface area contributed by atoms with Crippen molar-refractivity contribution in [2.24, 2.45) is 10.9 Å². The standard InChI is InChI=1S/C8H15N5O3S/c1-5-8(6(2)11-10-5)17(15,16)13(3)4-7(9)12-14/h14H,4H2,1-3H3,(H2,9,12)(H,10,11). The van der Waals surface area contributed by atoms with E-state index in [-0.39, 0.29) is 17.3 Å². The monoisotopic (exact) mass is 261 g/mol. The average Bonchev–Trinajstić information content (AvgIpc) is 2.58. The number of nitrogens with zero attached hydrogens (tertiary/aromatic N) is 3. The number of aromatic nitrogens is 2. The molecule has 0 radical (unpaired) electrons. The Morgan fingerprint density at radius 2 is 2.18 bits per heavy atom. The van der Waals surface area contributed by atoms with Gasteiger partial charge in [0.05, 0.1) is 17.9 Å². The Hall–Kier alpha value is -1.61. The highest BCUT2D eigenvalue weighted by Crippen LogP contribution is 2.20. The van der Waals surface area contributed by atoms with Gasteiger partial charge in [0.15, 0.2) is 5.84 Å². The molecule has 0 saturated carbocycles. The van der Waals surface area contributed by atoms with Crippen molar-refractivity contribution >= 4 is 15.9 Å². The molecule has 0 amide bonds. The summed E-state index contributed by atoms with van der Waals surface area (Å²) in [6, 6.07) is 0. The Balaban J connectivity index is 3.12. The zero-order chi connectivity index (χ0) is 13.2. The van der Waals surface area contributed by atoms with Gasteiger partial charge in [-0.2, -0.15) is 9.40 Å². The van der Waals surface area contributed by atoms with E-state index >= 15 is 0 Å². The van der Waals surface area contributed by atoms with Crippen molar-refractivity contribution in [3.63, 3.8) is 0 Å². The van der Waals surface area contributed by atoms with Gasteiger partial charge < -0.3 is 10.9 Å². The number of sulfonamides is 1. The lowest BCUT2D eigenvalue weighted by atomic mass is 10.4. The molecule has 9 heteroatoms. The first-order valence-electron chi connectivity index (χ1n) is 4.75. The number of rotatable bonds is 4. The summed E-state index contributed by atoms with van der Waals surface area (Å²) in [4.78, 5) is 0.116. The molecule has 1 aromatic heterocycles. The minimum atomic E-state index is -3.69. The fourth-order valence-corrected chi connectivity index (χ4v) is 2.89. The summed E-state index contributed by atoms with van der Waals surface area (Å²) in [5.41, 5.74) is 6.11. The van der Waals surface area contributed by atoms with Crippen LogP contribution in [-0.4, -0.2) is 47.6 Å².